The first-order valence-corrected chi connectivity index (χ1v) is 8.92. The van der Waals surface area contributed by atoms with Gasteiger partial charge in [-0.25, -0.2) is 0 Å². The van der Waals surface area contributed by atoms with Crippen LogP contribution in [0.5, 0.6) is 0 Å². The Morgan fingerprint density at radius 2 is 1.48 bits per heavy atom. The molecule has 25 heavy (non-hydrogen) atoms. The molecule has 2 heterocycles. The molecule has 0 spiro atoms. The van der Waals surface area contributed by atoms with Gasteiger partial charge in [-0.2, -0.15) is 0 Å². The first-order valence-electron chi connectivity index (χ1n) is 8.92. The maximum atomic E-state index is 12.8. The number of benzene rings is 1. The van der Waals surface area contributed by atoms with Crippen molar-refractivity contribution >= 4 is 17.8 Å². The number of hydrogen-bond acceptors (Lipinski definition) is 3. The number of carboxylic acid groups (broad SMARTS) is 1. The molecule has 0 saturated carbocycles. The topological polar surface area (TPSA) is 77.9 Å². The predicted octanol–water partition coefficient (Wildman–Crippen LogP) is 1.86. The Morgan fingerprint density at radius 3 is 2.16 bits per heavy atom. The summed E-state index contributed by atoms with van der Waals surface area (Å²) in [5.74, 6) is -1.57. The molecular formula is C19H24N2O4. The van der Waals surface area contributed by atoms with Crippen molar-refractivity contribution in [3.63, 3.8) is 0 Å². The van der Waals surface area contributed by atoms with Gasteiger partial charge in [0, 0.05) is 31.7 Å². The third kappa shape index (κ3) is 4.00. The van der Waals surface area contributed by atoms with E-state index in [2.05, 4.69) is 0 Å². The number of carbonyl (C=O) groups is 3. The summed E-state index contributed by atoms with van der Waals surface area (Å²) >= 11 is 0. The lowest BCUT2D eigenvalue weighted by molar-refractivity contribution is -0.147. The van der Waals surface area contributed by atoms with Crippen LogP contribution in [0.3, 0.4) is 0 Å². The number of rotatable bonds is 3. The fourth-order valence-corrected chi connectivity index (χ4v) is 3.76. The quantitative estimate of drug-likeness (QED) is 0.908. The van der Waals surface area contributed by atoms with E-state index in [0.717, 1.165) is 19.3 Å². The van der Waals surface area contributed by atoms with Crippen molar-refractivity contribution in [2.45, 2.75) is 25.7 Å². The van der Waals surface area contributed by atoms with Crippen molar-refractivity contribution in [3.8, 4) is 0 Å². The predicted molar refractivity (Wildman–Crippen MR) is 92.0 cm³/mol. The normalized spacial score (nSPS) is 24.0. The van der Waals surface area contributed by atoms with E-state index in [0.29, 0.717) is 31.6 Å². The minimum atomic E-state index is -0.831. The van der Waals surface area contributed by atoms with E-state index in [1.165, 1.54) is 0 Å². The van der Waals surface area contributed by atoms with Crippen LogP contribution < -0.4 is 0 Å². The van der Waals surface area contributed by atoms with Crippen LogP contribution in [0.15, 0.2) is 30.3 Å². The molecule has 2 saturated heterocycles. The van der Waals surface area contributed by atoms with Crippen LogP contribution in [-0.4, -0.2) is 58.9 Å². The van der Waals surface area contributed by atoms with Gasteiger partial charge in [-0.15, -0.1) is 0 Å². The number of aliphatic carboxylic acids is 1. The first-order chi connectivity index (χ1) is 12.1. The average Bonchev–Trinajstić information content (AvgIpc) is 2.67. The molecule has 6 heteroatoms. The second kappa shape index (κ2) is 7.68. The minimum absolute atomic E-state index is 0.00323. The highest BCUT2D eigenvalue weighted by Gasteiger charge is 2.34. The molecule has 0 radical (unpaired) electrons. The Kier molecular flexibility index (Phi) is 5.36. The number of hydrogen-bond donors (Lipinski definition) is 1. The van der Waals surface area contributed by atoms with Gasteiger partial charge in [-0.3, -0.25) is 14.4 Å². The lowest BCUT2D eigenvalue weighted by Gasteiger charge is -2.37. The smallest absolute Gasteiger partial charge is 0.308 e. The number of nitrogens with zero attached hydrogens (tertiary/aromatic N) is 2. The highest BCUT2D eigenvalue weighted by Crippen LogP contribution is 2.24. The Hall–Kier alpha value is -2.37. The highest BCUT2D eigenvalue weighted by atomic mass is 16.4. The molecule has 0 unspecified atom stereocenters. The number of amides is 2. The summed E-state index contributed by atoms with van der Waals surface area (Å²) in [6.07, 6.45) is 2.90. The van der Waals surface area contributed by atoms with E-state index in [-0.39, 0.29) is 24.3 Å². The minimum Gasteiger partial charge on any atom is -0.481 e. The van der Waals surface area contributed by atoms with Gasteiger partial charge in [-0.05, 0) is 37.8 Å². The van der Waals surface area contributed by atoms with Crippen molar-refractivity contribution in [2.24, 2.45) is 11.8 Å². The summed E-state index contributed by atoms with van der Waals surface area (Å²) < 4.78 is 0. The second-order valence-corrected chi connectivity index (χ2v) is 6.92. The van der Waals surface area contributed by atoms with E-state index in [4.69, 9.17) is 0 Å². The molecule has 2 atom stereocenters. The highest BCUT2D eigenvalue weighted by molar-refractivity contribution is 5.94. The van der Waals surface area contributed by atoms with Gasteiger partial charge in [0.25, 0.3) is 5.91 Å². The number of piperidine rings is 2. The number of carboxylic acids is 1. The maximum absolute atomic E-state index is 12.8. The third-order valence-corrected chi connectivity index (χ3v) is 5.16. The molecule has 134 valence electrons. The Morgan fingerprint density at radius 1 is 0.880 bits per heavy atom. The molecule has 1 aromatic rings. The number of carbonyl (C=O) groups excluding carboxylic acids is 2. The standard InChI is InChI=1S/C19H24N2O4/c22-17(14-6-2-1-3-7-14)20-10-4-8-15(12-20)18(23)21-11-5-9-16(13-21)19(24)25/h1-3,6-7,15-16H,4-5,8-13H2,(H,24,25)/t15-,16-/m0/s1. The summed E-state index contributed by atoms with van der Waals surface area (Å²) in [7, 11) is 0. The summed E-state index contributed by atoms with van der Waals surface area (Å²) in [6.45, 7) is 1.99. The molecule has 2 fully saturated rings. The van der Waals surface area contributed by atoms with Crippen molar-refractivity contribution in [3.05, 3.63) is 35.9 Å². The van der Waals surface area contributed by atoms with Gasteiger partial charge < -0.3 is 14.9 Å². The molecule has 2 aliphatic rings. The zero-order chi connectivity index (χ0) is 17.8. The largest absolute Gasteiger partial charge is 0.481 e. The average molecular weight is 344 g/mol. The molecule has 1 aromatic carbocycles. The summed E-state index contributed by atoms with van der Waals surface area (Å²) in [5, 5.41) is 9.20. The van der Waals surface area contributed by atoms with E-state index < -0.39 is 11.9 Å². The van der Waals surface area contributed by atoms with Gasteiger partial charge in [0.1, 0.15) is 0 Å². The van der Waals surface area contributed by atoms with Crippen LogP contribution in [-0.2, 0) is 9.59 Å². The molecule has 0 aliphatic carbocycles. The second-order valence-electron chi connectivity index (χ2n) is 6.92. The van der Waals surface area contributed by atoms with Crippen molar-refractivity contribution in [2.75, 3.05) is 26.2 Å². The van der Waals surface area contributed by atoms with Crippen molar-refractivity contribution < 1.29 is 19.5 Å². The molecule has 2 amide bonds. The maximum Gasteiger partial charge on any atom is 0.308 e. The summed E-state index contributed by atoms with van der Waals surface area (Å²) in [4.78, 5) is 40.1. The molecule has 0 aromatic heterocycles. The van der Waals surface area contributed by atoms with Gasteiger partial charge in [0.2, 0.25) is 5.91 Å². The van der Waals surface area contributed by atoms with Crippen LogP contribution in [0.25, 0.3) is 0 Å². The molecule has 1 N–H and O–H groups in total. The molecule has 3 rings (SSSR count). The van der Waals surface area contributed by atoms with Crippen LogP contribution >= 0.6 is 0 Å². The van der Waals surface area contributed by atoms with E-state index >= 15 is 0 Å². The van der Waals surface area contributed by atoms with Crippen molar-refractivity contribution in [1.29, 1.82) is 0 Å². The summed E-state index contributed by atoms with van der Waals surface area (Å²) in [5.41, 5.74) is 0.638. The molecule has 2 aliphatic heterocycles. The third-order valence-electron chi connectivity index (χ3n) is 5.16. The SMILES string of the molecule is O=C(O)[C@H]1CCCN(C(=O)[C@H]2CCCN(C(=O)c3ccccc3)C2)C1. The summed E-state index contributed by atoms with van der Waals surface area (Å²) in [6, 6.07) is 9.11. The lowest BCUT2D eigenvalue weighted by Crippen LogP contribution is -2.49. The zero-order valence-corrected chi connectivity index (χ0v) is 14.3. The molecule has 6 nitrogen and oxygen atoms in total. The van der Waals surface area contributed by atoms with Crippen LogP contribution in [0.4, 0.5) is 0 Å². The monoisotopic (exact) mass is 344 g/mol. The van der Waals surface area contributed by atoms with Gasteiger partial charge in [0.05, 0.1) is 11.8 Å². The van der Waals surface area contributed by atoms with E-state index in [1.54, 1.807) is 21.9 Å². The van der Waals surface area contributed by atoms with Gasteiger partial charge in [-0.1, -0.05) is 18.2 Å². The fourth-order valence-electron chi connectivity index (χ4n) is 3.76. The van der Waals surface area contributed by atoms with Gasteiger partial charge >= 0.3 is 5.97 Å². The van der Waals surface area contributed by atoms with Crippen LogP contribution in [0, 0.1) is 11.8 Å². The van der Waals surface area contributed by atoms with Crippen LogP contribution in [0.1, 0.15) is 36.0 Å². The molecular weight excluding hydrogens is 320 g/mol. The zero-order valence-electron chi connectivity index (χ0n) is 14.3. The van der Waals surface area contributed by atoms with E-state index in [1.807, 2.05) is 18.2 Å². The Labute approximate surface area is 147 Å². The lowest BCUT2D eigenvalue weighted by atomic mass is 9.92. The number of likely N-dealkylation sites (tertiary alicyclic amines) is 2. The van der Waals surface area contributed by atoms with Crippen LogP contribution in [0.2, 0.25) is 0 Å². The van der Waals surface area contributed by atoms with Gasteiger partial charge in [0.15, 0.2) is 0 Å². The molecule has 0 bridgehead atoms. The first kappa shape index (κ1) is 17.5. The van der Waals surface area contributed by atoms with E-state index in [9.17, 15) is 19.5 Å². The Bertz CT molecular complexity index is 646. The Balaban J connectivity index is 1.63. The van der Waals surface area contributed by atoms with Crippen molar-refractivity contribution in [1.82, 2.24) is 9.80 Å². The fraction of sp³-hybridized carbons (Fsp3) is 0.526.